The summed E-state index contributed by atoms with van der Waals surface area (Å²) in [4.78, 5) is 2.69. The molecule has 0 aromatic rings. The number of fused-ring (bicyclic) bond motifs is 3. The molecule has 0 aromatic carbocycles. The van der Waals surface area contributed by atoms with Crippen LogP contribution in [0.2, 0.25) is 0 Å². The van der Waals surface area contributed by atoms with Gasteiger partial charge >= 0.3 is 0 Å². The molecule has 1 spiro atoms. The molecule has 3 atom stereocenters. The number of likely N-dealkylation sites (tertiary alicyclic amines) is 1. The van der Waals surface area contributed by atoms with Gasteiger partial charge in [-0.05, 0) is 50.4 Å². The summed E-state index contributed by atoms with van der Waals surface area (Å²) in [5.74, 6) is 1.98. The highest BCUT2D eigenvalue weighted by Gasteiger charge is 2.70. The summed E-state index contributed by atoms with van der Waals surface area (Å²) in [6, 6.07) is 0. The molecule has 1 N–H and O–H groups in total. The lowest BCUT2D eigenvalue weighted by Crippen LogP contribution is -2.48. The molecule has 2 aliphatic carbocycles. The van der Waals surface area contributed by atoms with Crippen LogP contribution in [0.25, 0.3) is 0 Å². The molecular formula is C13H22N2O. The standard InChI is InChI=1S/C13H22N2O/c16-15-9-2-6-12(15)14-8-3-7-13(14)10-4-1-5-11(10)13/h10-12,16H,1-9H2. The highest BCUT2D eigenvalue weighted by Crippen LogP contribution is 2.68. The molecule has 90 valence electrons. The van der Waals surface area contributed by atoms with Crippen molar-refractivity contribution in [2.24, 2.45) is 11.8 Å². The van der Waals surface area contributed by atoms with Crippen molar-refractivity contribution in [3.63, 3.8) is 0 Å². The summed E-state index contributed by atoms with van der Waals surface area (Å²) < 4.78 is 0. The van der Waals surface area contributed by atoms with Gasteiger partial charge in [0.15, 0.2) is 0 Å². The number of hydrogen-bond acceptors (Lipinski definition) is 3. The summed E-state index contributed by atoms with van der Waals surface area (Å²) in [6.45, 7) is 2.11. The maximum absolute atomic E-state index is 9.96. The van der Waals surface area contributed by atoms with Gasteiger partial charge in [-0.3, -0.25) is 4.90 Å². The lowest BCUT2D eigenvalue weighted by molar-refractivity contribution is -0.155. The first-order chi connectivity index (χ1) is 7.84. The van der Waals surface area contributed by atoms with Crippen molar-refractivity contribution in [3.05, 3.63) is 0 Å². The maximum atomic E-state index is 9.96. The Morgan fingerprint density at radius 3 is 2.44 bits per heavy atom. The van der Waals surface area contributed by atoms with Gasteiger partial charge in [0.05, 0.1) is 6.17 Å². The number of hydrogen-bond donors (Lipinski definition) is 1. The van der Waals surface area contributed by atoms with Gasteiger partial charge in [0, 0.05) is 18.6 Å². The molecule has 2 saturated heterocycles. The summed E-state index contributed by atoms with van der Waals surface area (Å²) in [5.41, 5.74) is 0.550. The molecule has 0 bridgehead atoms. The fourth-order valence-electron chi connectivity index (χ4n) is 5.21. The Balaban J connectivity index is 1.59. The van der Waals surface area contributed by atoms with E-state index < -0.39 is 0 Å². The molecule has 0 radical (unpaired) electrons. The van der Waals surface area contributed by atoms with E-state index in [9.17, 15) is 5.21 Å². The smallest absolute Gasteiger partial charge is 0.0870 e. The second-order valence-corrected chi connectivity index (χ2v) is 6.22. The van der Waals surface area contributed by atoms with Crippen molar-refractivity contribution in [1.29, 1.82) is 0 Å². The Labute approximate surface area is 97.4 Å². The van der Waals surface area contributed by atoms with Crippen LogP contribution in [-0.4, -0.2) is 40.0 Å². The van der Waals surface area contributed by atoms with Crippen molar-refractivity contribution in [1.82, 2.24) is 9.96 Å². The van der Waals surface area contributed by atoms with Gasteiger partial charge in [-0.2, -0.15) is 5.06 Å². The molecule has 2 aliphatic heterocycles. The first-order valence-electron chi connectivity index (χ1n) is 7.06. The van der Waals surface area contributed by atoms with E-state index in [0.717, 1.165) is 18.4 Å². The van der Waals surface area contributed by atoms with E-state index in [1.165, 1.54) is 51.5 Å². The van der Waals surface area contributed by atoms with Gasteiger partial charge in [-0.15, -0.1) is 0 Å². The van der Waals surface area contributed by atoms with Crippen LogP contribution in [0.1, 0.15) is 44.9 Å². The average Bonchev–Trinajstić information content (AvgIpc) is 2.78. The molecule has 4 fully saturated rings. The molecule has 0 aromatic heterocycles. The van der Waals surface area contributed by atoms with Crippen LogP contribution in [-0.2, 0) is 0 Å². The van der Waals surface area contributed by atoms with Crippen LogP contribution in [0, 0.1) is 11.8 Å². The first kappa shape index (κ1) is 9.86. The quantitative estimate of drug-likeness (QED) is 0.735. The third-order valence-electron chi connectivity index (χ3n) is 5.76. The average molecular weight is 222 g/mol. The molecule has 4 rings (SSSR count). The fourth-order valence-corrected chi connectivity index (χ4v) is 5.21. The SMILES string of the molecule is ON1CCCC1N1CCCC12C1CCCC12. The third kappa shape index (κ3) is 1.05. The Bertz CT molecular complexity index is 296. The van der Waals surface area contributed by atoms with E-state index in [4.69, 9.17) is 0 Å². The molecule has 3 unspecified atom stereocenters. The van der Waals surface area contributed by atoms with Gasteiger partial charge < -0.3 is 5.21 Å². The largest absolute Gasteiger partial charge is 0.312 e. The van der Waals surface area contributed by atoms with Gasteiger partial charge in [0.1, 0.15) is 0 Å². The minimum atomic E-state index is 0.355. The van der Waals surface area contributed by atoms with Crippen LogP contribution < -0.4 is 0 Å². The topological polar surface area (TPSA) is 26.7 Å². The predicted octanol–water partition coefficient (Wildman–Crippen LogP) is 2.06. The Kier molecular flexibility index (Phi) is 1.98. The lowest BCUT2D eigenvalue weighted by Gasteiger charge is -2.36. The zero-order valence-corrected chi connectivity index (χ0v) is 9.94. The van der Waals surface area contributed by atoms with Gasteiger partial charge in [0.25, 0.3) is 0 Å². The number of nitrogens with zero attached hydrogens (tertiary/aromatic N) is 2. The number of rotatable bonds is 1. The van der Waals surface area contributed by atoms with E-state index in [1.807, 2.05) is 0 Å². The van der Waals surface area contributed by atoms with E-state index in [0.29, 0.717) is 11.7 Å². The second kappa shape index (κ2) is 3.21. The normalized spacial score (nSPS) is 52.7. The summed E-state index contributed by atoms with van der Waals surface area (Å²) in [7, 11) is 0. The monoisotopic (exact) mass is 222 g/mol. The van der Waals surface area contributed by atoms with Gasteiger partial charge in [0.2, 0.25) is 0 Å². The van der Waals surface area contributed by atoms with Crippen LogP contribution >= 0.6 is 0 Å². The summed E-state index contributed by atoms with van der Waals surface area (Å²) in [6.07, 6.45) is 9.84. The Morgan fingerprint density at radius 1 is 0.938 bits per heavy atom. The van der Waals surface area contributed by atoms with E-state index >= 15 is 0 Å². The summed E-state index contributed by atoms with van der Waals surface area (Å²) in [5, 5.41) is 11.6. The molecular weight excluding hydrogens is 200 g/mol. The maximum Gasteiger partial charge on any atom is 0.0870 e. The first-order valence-corrected chi connectivity index (χ1v) is 7.06. The molecule has 2 saturated carbocycles. The van der Waals surface area contributed by atoms with Crippen LogP contribution in [0.4, 0.5) is 0 Å². The minimum absolute atomic E-state index is 0.355. The third-order valence-corrected chi connectivity index (χ3v) is 5.76. The molecule has 16 heavy (non-hydrogen) atoms. The zero-order valence-electron chi connectivity index (χ0n) is 9.94. The highest BCUT2D eigenvalue weighted by atomic mass is 16.5. The van der Waals surface area contributed by atoms with Crippen molar-refractivity contribution in [2.75, 3.05) is 13.1 Å². The minimum Gasteiger partial charge on any atom is -0.312 e. The van der Waals surface area contributed by atoms with E-state index in [-0.39, 0.29) is 0 Å². The van der Waals surface area contributed by atoms with Crippen LogP contribution in [0.15, 0.2) is 0 Å². The van der Waals surface area contributed by atoms with Crippen molar-refractivity contribution in [3.8, 4) is 0 Å². The highest BCUT2D eigenvalue weighted by molar-refractivity contribution is 5.23. The lowest BCUT2D eigenvalue weighted by atomic mass is 10.0. The molecule has 2 heterocycles. The van der Waals surface area contributed by atoms with Crippen LogP contribution in [0.5, 0.6) is 0 Å². The Morgan fingerprint density at radius 2 is 1.75 bits per heavy atom. The molecule has 3 nitrogen and oxygen atoms in total. The zero-order chi connectivity index (χ0) is 10.8. The molecule has 4 aliphatic rings. The van der Waals surface area contributed by atoms with Gasteiger partial charge in [-0.25, -0.2) is 0 Å². The van der Waals surface area contributed by atoms with E-state index in [2.05, 4.69) is 4.90 Å². The molecule has 0 amide bonds. The van der Waals surface area contributed by atoms with Gasteiger partial charge in [-0.1, -0.05) is 6.42 Å². The fraction of sp³-hybridized carbons (Fsp3) is 1.00. The van der Waals surface area contributed by atoms with Crippen molar-refractivity contribution >= 4 is 0 Å². The Hall–Kier alpha value is -0.120. The van der Waals surface area contributed by atoms with E-state index in [1.54, 1.807) is 5.06 Å². The van der Waals surface area contributed by atoms with Crippen molar-refractivity contribution in [2.45, 2.75) is 56.7 Å². The van der Waals surface area contributed by atoms with Crippen LogP contribution in [0.3, 0.4) is 0 Å². The second-order valence-electron chi connectivity index (χ2n) is 6.22. The molecule has 3 heteroatoms. The summed E-state index contributed by atoms with van der Waals surface area (Å²) >= 11 is 0. The number of hydroxylamine groups is 2. The predicted molar refractivity (Wildman–Crippen MR) is 61.0 cm³/mol. The van der Waals surface area contributed by atoms with Crippen molar-refractivity contribution < 1.29 is 5.21 Å².